The van der Waals surface area contributed by atoms with Gasteiger partial charge in [-0.15, -0.1) is 0 Å². The number of hydrogen-bond acceptors (Lipinski definition) is 3. The van der Waals surface area contributed by atoms with Crippen LogP contribution in [0.1, 0.15) is 25.8 Å². The van der Waals surface area contributed by atoms with Gasteiger partial charge in [0.25, 0.3) is 0 Å². The van der Waals surface area contributed by atoms with Crippen LogP contribution in [0.4, 0.5) is 5.69 Å². The molecule has 4 nitrogen and oxygen atoms in total. The summed E-state index contributed by atoms with van der Waals surface area (Å²) in [6.45, 7) is 6.21. The summed E-state index contributed by atoms with van der Waals surface area (Å²) in [7, 11) is -3.45. The zero-order valence-corrected chi connectivity index (χ0v) is 11.3. The lowest BCUT2D eigenvalue weighted by molar-refractivity contribution is 0.528. The largest absolute Gasteiger partial charge is 0.398 e. The first kappa shape index (κ1) is 14.0. The average Bonchev–Trinajstić information content (AvgIpc) is 2.29. The molecule has 0 aromatic heterocycles. The minimum absolute atomic E-state index is 0.265. The molecule has 0 amide bonds. The van der Waals surface area contributed by atoms with E-state index in [1.807, 2.05) is 13.8 Å². The molecule has 1 unspecified atom stereocenters. The molecule has 0 heterocycles. The molecule has 17 heavy (non-hydrogen) atoms. The van der Waals surface area contributed by atoms with Crippen LogP contribution in [0.5, 0.6) is 0 Å². The Morgan fingerprint density at radius 3 is 2.65 bits per heavy atom. The minimum Gasteiger partial charge on any atom is -0.398 e. The van der Waals surface area contributed by atoms with Crippen molar-refractivity contribution in [3.63, 3.8) is 0 Å². The number of hydrogen-bond donors (Lipinski definition) is 2. The van der Waals surface area contributed by atoms with Crippen molar-refractivity contribution in [1.82, 2.24) is 4.72 Å². The molecule has 1 aromatic carbocycles. The molecule has 3 N–H and O–H groups in total. The van der Waals surface area contributed by atoms with E-state index < -0.39 is 10.0 Å². The van der Waals surface area contributed by atoms with E-state index in [0.29, 0.717) is 23.7 Å². The second-order valence-corrected chi connectivity index (χ2v) is 6.07. The molecular formula is C12H20N2O2S. The molecule has 0 saturated heterocycles. The topological polar surface area (TPSA) is 72.2 Å². The molecule has 1 aromatic rings. The molecule has 5 heteroatoms. The van der Waals surface area contributed by atoms with Gasteiger partial charge < -0.3 is 5.73 Å². The van der Waals surface area contributed by atoms with Crippen molar-refractivity contribution in [2.75, 3.05) is 12.3 Å². The molecule has 1 rings (SSSR count). The van der Waals surface area contributed by atoms with Crippen molar-refractivity contribution in [2.45, 2.75) is 32.1 Å². The van der Waals surface area contributed by atoms with Crippen molar-refractivity contribution in [3.05, 3.63) is 23.8 Å². The summed E-state index contributed by atoms with van der Waals surface area (Å²) < 4.78 is 26.7. The summed E-state index contributed by atoms with van der Waals surface area (Å²) in [5, 5.41) is 0. The fourth-order valence-corrected chi connectivity index (χ4v) is 2.83. The molecule has 0 bridgehead atoms. The first-order valence-corrected chi connectivity index (χ1v) is 7.21. The number of rotatable bonds is 5. The Bertz CT molecular complexity index is 483. The number of benzene rings is 1. The molecule has 0 aliphatic rings. The van der Waals surface area contributed by atoms with Gasteiger partial charge in [-0.2, -0.15) is 0 Å². The zero-order chi connectivity index (χ0) is 13.1. The highest BCUT2D eigenvalue weighted by Gasteiger charge is 2.17. The van der Waals surface area contributed by atoms with E-state index in [2.05, 4.69) is 4.72 Å². The lowest BCUT2D eigenvalue weighted by atomic mass is 10.1. The number of sulfonamides is 1. The highest BCUT2D eigenvalue weighted by atomic mass is 32.2. The lowest BCUT2D eigenvalue weighted by Gasteiger charge is -2.13. The number of nitrogens with one attached hydrogen (secondary N) is 1. The summed E-state index contributed by atoms with van der Waals surface area (Å²) in [6.07, 6.45) is 0.943. The maximum absolute atomic E-state index is 12.1. The van der Waals surface area contributed by atoms with Gasteiger partial charge in [-0.1, -0.05) is 26.3 Å². The van der Waals surface area contributed by atoms with Crippen LogP contribution in [0, 0.1) is 12.8 Å². The normalized spacial score (nSPS) is 13.6. The van der Waals surface area contributed by atoms with E-state index in [0.717, 1.165) is 6.42 Å². The summed E-state index contributed by atoms with van der Waals surface area (Å²) in [5.41, 5.74) is 6.80. The maximum atomic E-state index is 12.1. The van der Waals surface area contributed by atoms with Gasteiger partial charge in [0.15, 0.2) is 0 Å². The van der Waals surface area contributed by atoms with Gasteiger partial charge in [0.2, 0.25) is 10.0 Å². The van der Waals surface area contributed by atoms with E-state index in [4.69, 9.17) is 5.73 Å². The van der Waals surface area contributed by atoms with Crippen LogP contribution >= 0.6 is 0 Å². The fourth-order valence-electron chi connectivity index (χ4n) is 1.40. The van der Waals surface area contributed by atoms with Gasteiger partial charge in [0.05, 0.1) is 4.90 Å². The average molecular weight is 256 g/mol. The Labute approximate surface area is 103 Å². The Balaban J connectivity index is 2.94. The van der Waals surface area contributed by atoms with Crippen LogP contribution in [0.3, 0.4) is 0 Å². The van der Waals surface area contributed by atoms with Crippen LogP contribution < -0.4 is 10.5 Å². The molecule has 0 saturated carbocycles. The molecule has 0 aliphatic carbocycles. The van der Waals surface area contributed by atoms with E-state index in [1.165, 1.54) is 0 Å². The van der Waals surface area contributed by atoms with Gasteiger partial charge in [-0.05, 0) is 30.5 Å². The van der Waals surface area contributed by atoms with Crippen molar-refractivity contribution in [3.8, 4) is 0 Å². The molecule has 96 valence electrons. The molecular weight excluding hydrogens is 236 g/mol. The number of nitrogen functional groups attached to an aromatic ring is 1. The predicted octanol–water partition coefficient (Wildman–Crippen LogP) is 1.90. The summed E-state index contributed by atoms with van der Waals surface area (Å²) in [6, 6.07) is 4.92. The second kappa shape index (κ2) is 5.51. The third-order valence-electron chi connectivity index (χ3n) is 2.93. The number of nitrogens with two attached hydrogens (primary N) is 1. The van der Waals surface area contributed by atoms with Crippen molar-refractivity contribution >= 4 is 15.7 Å². The smallest absolute Gasteiger partial charge is 0.240 e. The Kier molecular flexibility index (Phi) is 4.54. The first-order valence-electron chi connectivity index (χ1n) is 5.73. The van der Waals surface area contributed by atoms with Gasteiger partial charge in [-0.25, -0.2) is 13.1 Å². The third kappa shape index (κ3) is 3.44. The highest BCUT2D eigenvalue weighted by Crippen LogP contribution is 2.20. The highest BCUT2D eigenvalue weighted by molar-refractivity contribution is 7.89. The molecule has 0 radical (unpaired) electrons. The summed E-state index contributed by atoms with van der Waals surface area (Å²) in [5.74, 6) is 0.325. The maximum Gasteiger partial charge on any atom is 0.240 e. The van der Waals surface area contributed by atoms with Crippen molar-refractivity contribution in [2.24, 2.45) is 5.92 Å². The zero-order valence-electron chi connectivity index (χ0n) is 10.5. The van der Waals surface area contributed by atoms with E-state index in [1.54, 1.807) is 25.1 Å². The monoisotopic (exact) mass is 256 g/mol. The Morgan fingerprint density at radius 1 is 1.41 bits per heavy atom. The van der Waals surface area contributed by atoms with Gasteiger partial charge >= 0.3 is 0 Å². The fraction of sp³-hybridized carbons (Fsp3) is 0.500. The van der Waals surface area contributed by atoms with Crippen LogP contribution in [0.25, 0.3) is 0 Å². The van der Waals surface area contributed by atoms with E-state index in [9.17, 15) is 8.42 Å². The van der Waals surface area contributed by atoms with Crippen LogP contribution in [0.2, 0.25) is 0 Å². The Morgan fingerprint density at radius 2 is 2.06 bits per heavy atom. The predicted molar refractivity (Wildman–Crippen MR) is 70.2 cm³/mol. The molecule has 1 atom stereocenters. The van der Waals surface area contributed by atoms with Gasteiger partial charge in [-0.3, -0.25) is 0 Å². The SMILES string of the molecule is CCC(C)CNS(=O)(=O)c1cccc(N)c1C. The third-order valence-corrected chi connectivity index (χ3v) is 4.50. The second-order valence-electron chi connectivity index (χ2n) is 4.34. The minimum atomic E-state index is -3.45. The summed E-state index contributed by atoms with van der Waals surface area (Å²) >= 11 is 0. The van der Waals surface area contributed by atoms with Gasteiger partial charge in [0.1, 0.15) is 0 Å². The van der Waals surface area contributed by atoms with Crippen LogP contribution in [-0.2, 0) is 10.0 Å². The van der Waals surface area contributed by atoms with Crippen LogP contribution in [0.15, 0.2) is 23.1 Å². The van der Waals surface area contributed by atoms with Crippen molar-refractivity contribution < 1.29 is 8.42 Å². The Hall–Kier alpha value is -1.07. The molecule has 0 aliphatic heterocycles. The first-order chi connectivity index (χ1) is 7.88. The van der Waals surface area contributed by atoms with E-state index >= 15 is 0 Å². The van der Waals surface area contributed by atoms with Gasteiger partial charge in [0, 0.05) is 12.2 Å². The molecule has 0 fully saturated rings. The standard InChI is InChI=1S/C12H20N2O2S/c1-4-9(2)8-14-17(15,16)12-7-5-6-11(13)10(12)3/h5-7,9,14H,4,8,13H2,1-3H3. The molecule has 0 spiro atoms. The van der Waals surface area contributed by atoms with Crippen LogP contribution in [-0.4, -0.2) is 15.0 Å². The quantitative estimate of drug-likeness (QED) is 0.790. The summed E-state index contributed by atoms with van der Waals surface area (Å²) in [4.78, 5) is 0.265. The van der Waals surface area contributed by atoms with Crippen molar-refractivity contribution in [1.29, 1.82) is 0 Å². The van der Waals surface area contributed by atoms with E-state index in [-0.39, 0.29) is 4.90 Å². The lowest BCUT2D eigenvalue weighted by Crippen LogP contribution is -2.28. The number of anilines is 1.